The van der Waals surface area contributed by atoms with E-state index in [0.29, 0.717) is 5.69 Å². The van der Waals surface area contributed by atoms with Gasteiger partial charge < -0.3 is 19.5 Å². The fourth-order valence-electron chi connectivity index (χ4n) is 2.48. The zero-order valence-corrected chi connectivity index (χ0v) is 16.4. The minimum Gasteiger partial charge on any atom is -0.465 e. The Hall–Kier alpha value is -3.75. The molecule has 0 spiro atoms. The molecule has 0 aliphatic carbocycles. The second kappa shape index (κ2) is 9.45. The fraction of sp³-hybridized carbons (Fsp3) is 0.250. The van der Waals surface area contributed by atoms with Gasteiger partial charge in [-0.25, -0.2) is 19.4 Å². The summed E-state index contributed by atoms with van der Waals surface area (Å²) in [4.78, 5) is 52.2. The first kappa shape index (κ1) is 21.5. The molecule has 0 aliphatic rings. The number of hydrogen-bond donors (Lipinski definition) is 1. The van der Waals surface area contributed by atoms with Crippen LogP contribution in [0.2, 0.25) is 0 Å². The number of aromatic nitrogens is 1. The summed E-state index contributed by atoms with van der Waals surface area (Å²) in [7, 11) is 2.40. The van der Waals surface area contributed by atoms with Crippen molar-refractivity contribution in [3.63, 3.8) is 0 Å². The van der Waals surface area contributed by atoms with Gasteiger partial charge in [-0.05, 0) is 44.2 Å². The van der Waals surface area contributed by atoms with Crippen molar-refractivity contribution >= 4 is 29.5 Å². The van der Waals surface area contributed by atoms with Crippen LogP contribution < -0.4 is 5.32 Å². The molecule has 0 bridgehead atoms. The number of esters is 3. The summed E-state index contributed by atoms with van der Waals surface area (Å²) in [5, 5.41) is 2.56. The maximum atomic E-state index is 12.6. The summed E-state index contributed by atoms with van der Waals surface area (Å²) >= 11 is 0. The van der Waals surface area contributed by atoms with Crippen LogP contribution in [-0.2, 0) is 14.2 Å². The van der Waals surface area contributed by atoms with E-state index in [2.05, 4.69) is 19.8 Å². The Kier molecular flexibility index (Phi) is 7.02. The molecule has 9 nitrogen and oxygen atoms in total. The lowest BCUT2D eigenvalue weighted by atomic mass is 10.1. The van der Waals surface area contributed by atoms with E-state index in [1.165, 1.54) is 44.6 Å². The molecule has 0 saturated carbocycles. The van der Waals surface area contributed by atoms with Crippen molar-refractivity contribution in [2.24, 2.45) is 0 Å². The molecule has 2 rings (SSSR count). The molecule has 152 valence electrons. The van der Waals surface area contributed by atoms with Gasteiger partial charge in [0.1, 0.15) is 5.69 Å². The number of anilines is 1. The number of amides is 1. The lowest BCUT2D eigenvalue weighted by Crippen LogP contribution is -2.17. The van der Waals surface area contributed by atoms with Gasteiger partial charge in [0.05, 0.1) is 43.2 Å². The average molecular weight is 400 g/mol. The topological polar surface area (TPSA) is 121 Å². The first-order chi connectivity index (χ1) is 13.8. The number of carbonyl (C=O) groups is 4. The normalized spacial score (nSPS) is 10.1. The summed E-state index contributed by atoms with van der Waals surface area (Å²) in [6.07, 6.45) is 0. The minimum atomic E-state index is -0.681. The highest BCUT2D eigenvalue weighted by Gasteiger charge is 2.18. The first-order valence-electron chi connectivity index (χ1n) is 8.58. The Morgan fingerprint density at radius 1 is 0.931 bits per heavy atom. The van der Waals surface area contributed by atoms with E-state index in [1.54, 1.807) is 13.8 Å². The molecule has 0 radical (unpaired) electrons. The third-order valence-electron chi connectivity index (χ3n) is 3.85. The van der Waals surface area contributed by atoms with Crippen molar-refractivity contribution in [3.8, 4) is 0 Å². The molecule has 0 aliphatic heterocycles. The maximum absolute atomic E-state index is 12.6. The van der Waals surface area contributed by atoms with Crippen LogP contribution in [0.15, 0.2) is 30.3 Å². The van der Waals surface area contributed by atoms with Gasteiger partial charge >= 0.3 is 17.9 Å². The number of nitrogens with zero attached hydrogens (tertiary/aromatic N) is 1. The standard InChI is InChI=1S/C20H20N2O7/c1-5-29-20(26)15-6-7-16(21-11(15)2)17(23)22-14-9-12(18(24)27-3)8-13(10-14)19(25)28-4/h6-10H,5H2,1-4H3,(H,22,23). The van der Waals surface area contributed by atoms with E-state index in [-0.39, 0.29) is 34.7 Å². The van der Waals surface area contributed by atoms with Crippen molar-refractivity contribution in [1.82, 2.24) is 4.98 Å². The Balaban J connectivity index is 2.32. The van der Waals surface area contributed by atoms with Gasteiger partial charge in [-0.3, -0.25) is 4.79 Å². The number of hydrogen-bond acceptors (Lipinski definition) is 8. The number of ether oxygens (including phenoxy) is 3. The maximum Gasteiger partial charge on any atom is 0.339 e. The zero-order valence-electron chi connectivity index (χ0n) is 16.4. The number of aryl methyl sites for hydroxylation is 1. The van der Waals surface area contributed by atoms with Crippen LogP contribution in [0, 0.1) is 6.92 Å². The molecule has 1 aromatic carbocycles. The second-order valence-electron chi connectivity index (χ2n) is 5.79. The first-order valence-corrected chi connectivity index (χ1v) is 8.58. The number of nitrogens with one attached hydrogen (secondary N) is 1. The fourth-order valence-corrected chi connectivity index (χ4v) is 2.48. The third-order valence-corrected chi connectivity index (χ3v) is 3.85. The highest BCUT2D eigenvalue weighted by molar-refractivity contribution is 6.05. The van der Waals surface area contributed by atoms with E-state index >= 15 is 0 Å². The average Bonchev–Trinajstić information content (AvgIpc) is 2.72. The van der Waals surface area contributed by atoms with Crippen molar-refractivity contribution in [2.45, 2.75) is 13.8 Å². The third kappa shape index (κ3) is 5.16. The molecule has 0 fully saturated rings. The predicted molar refractivity (Wildman–Crippen MR) is 102 cm³/mol. The van der Waals surface area contributed by atoms with Gasteiger partial charge in [0.25, 0.3) is 5.91 Å². The summed E-state index contributed by atoms with van der Waals surface area (Å²) in [6.45, 7) is 3.49. The van der Waals surface area contributed by atoms with Crippen LogP contribution in [0.3, 0.4) is 0 Å². The largest absolute Gasteiger partial charge is 0.465 e. The van der Waals surface area contributed by atoms with Crippen molar-refractivity contribution in [2.75, 3.05) is 26.1 Å². The summed E-state index contributed by atoms with van der Waals surface area (Å²) in [5.41, 5.74) is 0.921. The Bertz CT molecular complexity index is 935. The van der Waals surface area contributed by atoms with E-state index in [0.717, 1.165) is 0 Å². The Labute approximate surface area is 167 Å². The molecular formula is C20H20N2O7. The summed E-state index contributed by atoms with van der Waals surface area (Å²) in [5.74, 6) is -2.49. The Morgan fingerprint density at radius 3 is 2.00 bits per heavy atom. The van der Waals surface area contributed by atoms with Crippen molar-refractivity contribution < 1.29 is 33.4 Å². The van der Waals surface area contributed by atoms with Crippen LogP contribution in [0.25, 0.3) is 0 Å². The van der Waals surface area contributed by atoms with Gasteiger partial charge in [0, 0.05) is 5.69 Å². The summed E-state index contributed by atoms with van der Waals surface area (Å²) in [6, 6.07) is 6.83. The predicted octanol–water partition coefficient (Wildman–Crippen LogP) is 2.39. The number of pyridine rings is 1. The number of benzene rings is 1. The molecule has 0 atom stereocenters. The van der Waals surface area contributed by atoms with Crippen LogP contribution in [-0.4, -0.2) is 49.6 Å². The monoisotopic (exact) mass is 400 g/mol. The van der Waals surface area contributed by atoms with E-state index < -0.39 is 23.8 Å². The highest BCUT2D eigenvalue weighted by Crippen LogP contribution is 2.18. The quantitative estimate of drug-likeness (QED) is 0.580. The zero-order chi connectivity index (χ0) is 21.6. The molecule has 0 saturated heterocycles. The molecule has 9 heteroatoms. The van der Waals surface area contributed by atoms with Crippen molar-refractivity contribution in [3.05, 3.63) is 58.4 Å². The molecular weight excluding hydrogens is 380 g/mol. The van der Waals surface area contributed by atoms with Gasteiger partial charge in [0.15, 0.2) is 0 Å². The molecule has 1 amide bonds. The van der Waals surface area contributed by atoms with Crippen LogP contribution >= 0.6 is 0 Å². The lowest BCUT2D eigenvalue weighted by molar-refractivity contribution is 0.0522. The van der Waals surface area contributed by atoms with E-state index in [1.807, 2.05) is 0 Å². The van der Waals surface area contributed by atoms with E-state index in [9.17, 15) is 19.2 Å². The Morgan fingerprint density at radius 2 is 1.52 bits per heavy atom. The lowest BCUT2D eigenvalue weighted by Gasteiger charge is -2.10. The number of rotatable bonds is 6. The molecule has 0 unspecified atom stereocenters. The second-order valence-corrected chi connectivity index (χ2v) is 5.79. The van der Waals surface area contributed by atoms with Crippen LogP contribution in [0.5, 0.6) is 0 Å². The van der Waals surface area contributed by atoms with Gasteiger partial charge in [-0.15, -0.1) is 0 Å². The van der Waals surface area contributed by atoms with Crippen molar-refractivity contribution in [1.29, 1.82) is 0 Å². The molecule has 1 heterocycles. The smallest absolute Gasteiger partial charge is 0.339 e. The number of carbonyl (C=O) groups excluding carboxylic acids is 4. The summed E-state index contributed by atoms with van der Waals surface area (Å²) < 4.78 is 14.3. The van der Waals surface area contributed by atoms with Gasteiger partial charge in [0.2, 0.25) is 0 Å². The van der Waals surface area contributed by atoms with Crippen LogP contribution in [0.4, 0.5) is 5.69 Å². The van der Waals surface area contributed by atoms with Gasteiger partial charge in [-0.2, -0.15) is 0 Å². The van der Waals surface area contributed by atoms with Crippen LogP contribution in [0.1, 0.15) is 54.2 Å². The van der Waals surface area contributed by atoms with Gasteiger partial charge in [-0.1, -0.05) is 0 Å². The highest BCUT2D eigenvalue weighted by atomic mass is 16.5. The molecule has 1 N–H and O–H groups in total. The molecule has 29 heavy (non-hydrogen) atoms. The SMILES string of the molecule is CCOC(=O)c1ccc(C(=O)Nc2cc(C(=O)OC)cc(C(=O)OC)c2)nc1C. The van der Waals surface area contributed by atoms with E-state index in [4.69, 9.17) is 4.74 Å². The molecule has 1 aromatic heterocycles. The minimum absolute atomic E-state index is 0.0404. The molecule has 2 aromatic rings. The number of methoxy groups -OCH3 is 2.